The van der Waals surface area contributed by atoms with E-state index in [2.05, 4.69) is 31.6 Å². The molecule has 7 nitrogen and oxygen atoms in total. The van der Waals surface area contributed by atoms with Crippen LogP contribution in [0.1, 0.15) is 16.1 Å². The second kappa shape index (κ2) is 7.08. The Labute approximate surface area is 136 Å². The topological polar surface area (TPSA) is 77.7 Å². The Balaban J connectivity index is 2.10. The lowest BCUT2D eigenvalue weighted by Crippen LogP contribution is -2.18. The fourth-order valence-corrected chi connectivity index (χ4v) is 2.39. The number of amides is 1. The maximum atomic E-state index is 11.8. The summed E-state index contributed by atoms with van der Waals surface area (Å²) in [4.78, 5) is 11.8. The number of carbonyl (C=O) groups excluding carboxylic acids is 1. The predicted molar refractivity (Wildman–Crippen MR) is 85.5 cm³/mol. The van der Waals surface area contributed by atoms with E-state index in [1.54, 1.807) is 50.3 Å². The van der Waals surface area contributed by atoms with E-state index in [-0.39, 0.29) is 5.91 Å². The van der Waals surface area contributed by atoms with Crippen molar-refractivity contribution in [2.24, 2.45) is 12.1 Å². The van der Waals surface area contributed by atoms with Crippen molar-refractivity contribution >= 4 is 28.1 Å². The van der Waals surface area contributed by atoms with Gasteiger partial charge in [0.2, 0.25) is 0 Å². The van der Waals surface area contributed by atoms with Crippen LogP contribution in [0.3, 0.4) is 0 Å². The molecule has 0 bridgehead atoms. The number of hydrogen-bond acceptors (Lipinski definition) is 5. The zero-order valence-electron chi connectivity index (χ0n) is 12.3. The summed E-state index contributed by atoms with van der Waals surface area (Å²) >= 11 is 3.39. The average Bonchev–Trinajstić information content (AvgIpc) is 2.93. The molecular formula is C14H15BrN4O3. The molecule has 0 atom stereocenters. The zero-order chi connectivity index (χ0) is 16.1. The van der Waals surface area contributed by atoms with Gasteiger partial charge in [-0.15, -0.1) is 0 Å². The summed E-state index contributed by atoms with van der Waals surface area (Å²) in [6.45, 7) is 0. The Kier molecular flexibility index (Phi) is 5.16. The van der Waals surface area contributed by atoms with Crippen LogP contribution in [0.25, 0.3) is 0 Å². The monoisotopic (exact) mass is 366 g/mol. The van der Waals surface area contributed by atoms with Crippen LogP contribution in [0.4, 0.5) is 0 Å². The summed E-state index contributed by atoms with van der Waals surface area (Å²) in [7, 11) is 4.85. The molecule has 1 amide bonds. The first kappa shape index (κ1) is 16.0. The van der Waals surface area contributed by atoms with Crippen LogP contribution in [0.2, 0.25) is 0 Å². The molecule has 0 unspecified atom stereocenters. The summed E-state index contributed by atoms with van der Waals surface area (Å²) in [5, 5.41) is 7.90. The summed E-state index contributed by atoms with van der Waals surface area (Å²) in [5.41, 5.74) is 3.45. The number of halogens is 1. The van der Waals surface area contributed by atoms with E-state index in [4.69, 9.17) is 9.47 Å². The van der Waals surface area contributed by atoms with Gasteiger partial charge in [-0.1, -0.05) is 0 Å². The van der Waals surface area contributed by atoms with E-state index in [0.29, 0.717) is 17.2 Å². The fourth-order valence-electron chi connectivity index (χ4n) is 1.77. The van der Waals surface area contributed by atoms with Crippen molar-refractivity contribution in [2.45, 2.75) is 0 Å². The molecule has 1 heterocycles. The number of benzene rings is 1. The van der Waals surface area contributed by atoms with Gasteiger partial charge in [-0.05, 0) is 39.7 Å². The highest BCUT2D eigenvalue weighted by molar-refractivity contribution is 9.10. The predicted octanol–water partition coefficient (Wildman–Crippen LogP) is 1.96. The van der Waals surface area contributed by atoms with Gasteiger partial charge in [-0.2, -0.15) is 10.2 Å². The summed E-state index contributed by atoms with van der Waals surface area (Å²) in [5.74, 6) is 0.781. The highest BCUT2D eigenvalue weighted by Gasteiger charge is 2.10. The van der Waals surface area contributed by atoms with Crippen molar-refractivity contribution in [3.8, 4) is 11.5 Å². The lowest BCUT2D eigenvalue weighted by Gasteiger charge is -2.10. The lowest BCUT2D eigenvalue weighted by molar-refractivity contribution is 0.0949. The second-order valence-corrected chi connectivity index (χ2v) is 5.17. The van der Waals surface area contributed by atoms with E-state index in [1.807, 2.05) is 0 Å². The van der Waals surface area contributed by atoms with E-state index >= 15 is 0 Å². The van der Waals surface area contributed by atoms with Crippen molar-refractivity contribution in [3.63, 3.8) is 0 Å². The molecule has 22 heavy (non-hydrogen) atoms. The normalized spacial score (nSPS) is 10.7. The van der Waals surface area contributed by atoms with Crippen molar-refractivity contribution in [2.75, 3.05) is 14.2 Å². The molecule has 0 aliphatic heterocycles. The highest BCUT2D eigenvalue weighted by atomic mass is 79.9. The molecule has 116 valence electrons. The van der Waals surface area contributed by atoms with Gasteiger partial charge in [-0.3, -0.25) is 9.48 Å². The lowest BCUT2D eigenvalue weighted by atomic mass is 10.2. The molecule has 1 N–H and O–H groups in total. The molecular weight excluding hydrogens is 352 g/mol. The number of carbonyl (C=O) groups is 1. The molecule has 2 rings (SSSR count). The first-order valence-electron chi connectivity index (χ1n) is 6.29. The van der Waals surface area contributed by atoms with Crippen LogP contribution >= 0.6 is 15.9 Å². The number of aromatic nitrogens is 2. The highest BCUT2D eigenvalue weighted by Crippen LogP contribution is 2.35. The molecule has 0 fully saturated rings. The van der Waals surface area contributed by atoms with Crippen LogP contribution in [0.15, 0.2) is 34.0 Å². The van der Waals surface area contributed by atoms with Crippen LogP contribution < -0.4 is 14.9 Å². The first-order valence-corrected chi connectivity index (χ1v) is 7.09. The minimum atomic E-state index is -0.378. The smallest absolute Gasteiger partial charge is 0.291 e. The van der Waals surface area contributed by atoms with Gasteiger partial charge in [0.25, 0.3) is 5.91 Å². The zero-order valence-corrected chi connectivity index (χ0v) is 13.9. The molecule has 0 saturated heterocycles. The number of nitrogens with zero attached hydrogens (tertiary/aromatic N) is 3. The van der Waals surface area contributed by atoms with Gasteiger partial charge < -0.3 is 9.47 Å². The molecule has 1 aromatic heterocycles. The largest absolute Gasteiger partial charge is 0.493 e. The van der Waals surface area contributed by atoms with E-state index < -0.39 is 0 Å². The van der Waals surface area contributed by atoms with Crippen LogP contribution in [-0.4, -0.2) is 36.1 Å². The quantitative estimate of drug-likeness (QED) is 0.648. The molecule has 0 radical (unpaired) electrons. The number of hydrogen-bond donors (Lipinski definition) is 1. The van der Waals surface area contributed by atoms with E-state index in [1.165, 1.54) is 6.21 Å². The molecule has 0 aliphatic carbocycles. The first-order chi connectivity index (χ1) is 10.5. The summed E-state index contributed by atoms with van der Waals surface area (Å²) in [6, 6.07) is 5.16. The fraction of sp³-hybridized carbons (Fsp3) is 0.214. The Morgan fingerprint density at radius 3 is 2.77 bits per heavy atom. The second-order valence-electron chi connectivity index (χ2n) is 4.31. The van der Waals surface area contributed by atoms with Crippen molar-refractivity contribution in [3.05, 3.63) is 40.1 Å². The number of rotatable bonds is 5. The standard InChI is InChI=1S/C14H15BrN4O3/c1-19-5-4-11(18-19)14(20)17-16-8-9-6-10(15)13(22-3)12(7-9)21-2/h4-8H,1-3H3,(H,17,20)/b16-8-. The van der Waals surface area contributed by atoms with Gasteiger partial charge in [0.05, 0.1) is 24.9 Å². The third-order valence-corrected chi connectivity index (χ3v) is 3.37. The number of aryl methyl sites for hydroxylation is 1. The summed E-state index contributed by atoms with van der Waals surface area (Å²) < 4.78 is 12.7. The van der Waals surface area contributed by atoms with Gasteiger partial charge in [-0.25, -0.2) is 5.43 Å². The van der Waals surface area contributed by atoms with Crippen molar-refractivity contribution in [1.29, 1.82) is 0 Å². The van der Waals surface area contributed by atoms with Crippen LogP contribution in [0.5, 0.6) is 11.5 Å². The minimum Gasteiger partial charge on any atom is -0.493 e. The van der Waals surface area contributed by atoms with Crippen molar-refractivity contribution < 1.29 is 14.3 Å². The SMILES string of the molecule is COc1cc(/C=N\NC(=O)c2ccn(C)n2)cc(Br)c1OC. The molecule has 0 spiro atoms. The van der Waals surface area contributed by atoms with Gasteiger partial charge >= 0.3 is 0 Å². The van der Waals surface area contributed by atoms with Crippen LogP contribution in [0, 0.1) is 0 Å². The third-order valence-electron chi connectivity index (χ3n) is 2.78. The maximum Gasteiger partial charge on any atom is 0.291 e. The van der Waals surface area contributed by atoms with E-state index in [0.717, 1.165) is 10.0 Å². The Hall–Kier alpha value is -2.35. The average molecular weight is 367 g/mol. The van der Waals surface area contributed by atoms with Gasteiger partial charge in [0.1, 0.15) is 0 Å². The Morgan fingerprint density at radius 2 is 2.18 bits per heavy atom. The molecule has 0 aliphatic rings. The van der Waals surface area contributed by atoms with Gasteiger partial charge in [0.15, 0.2) is 17.2 Å². The molecule has 8 heteroatoms. The Bertz CT molecular complexity index is 712. The minimum absolute atomic E-state index is 0.299. The number of nitrogens with one attached hydrogen (secondary N) is 1. The number of methoxy groups -OCH3 is 2. The van der Waals surface area contributed by atoms with Crippen LogP contribution in [-0.2, 0) is 7.05 Å². The summed E-state index contributed by atoms with van der Waals surface area (Å²) in [6.07, 6.45) is 3.19. The molecule has 0 saturated carbocycles. The van der Waals surface area contributed by atoms with Crippen molar-refractivity contribution in [1.82, 2.24) is 15.2 Å². The van der Waals surface area contributed by atoms with Gasteiger partial charge in [0, 0.05) is 13.2 Å². The third kappa shape index (κ3) is 3.64. The number of ether oxygens (including phenoxy) is 2. The maximum absolute atomic E-state index is 11.8. The number of hydrazone groups is 1. The van der Waals surface area contributed by atoms with E-state index in [9.17, 15) is 4.79 Å². The molecule has 2 aromatic rings. The molecule has 1 aromatic carbocycles. The Morgan fingerprint density at radius 1 is 1.41 bits per heavy atom.